The molecule has 1 aromatic carbocycles. The van der Waals surface area contributed by atoms with Gasteiger partial charge in [-0.15, -0.1) is 0 Å². The van der Waals surface area contributed by atoms with Gasteiger partial charge in [0.05, 0.1) is 12.2 Å². The Hall–Kier alpha value is -1.06. The number of aliphatic hydroxyl groups is 2. The Morgan fingerprint density at radius 3 is 2.29 bits per heavy atom. The summed E-state index contributed by atoms with van der Waals surface area (Å²) in [6.45, 7) is 1.59. The van der Waals surface area contributed by atoms with E-state index in [1.54, 1.807) is 6.92 Å². The molecule has 0 aliphatic rings. The Balaban J connectivity index is 2.42. The molecule has 0 saturated carbocycles. The summed E-state index contributed by atoms with van der Waals surface area (Å²) in [5, 5.41) is 18.4. The topological polar surface area (TPSA) is 66.5 Å². The minimum absolute atomic E-state index is 0.571. The molecular formula is C11H17NO2. The van der Waals surface area contributed by atoms with E-state index < -0.39 is 12.2 Å². The highest BCUT2D eigenvalue weighted by molar-refractivity contribution is 5.39. The van der Waals surface area contributed by atoms with Crippen LogP contribution in [0.15, 0.2) is 24.3 Å². The largest absolute Gasteiger partial charge is 0.399 e. The minimum Gasteiger partial charge on any atom is -0.399 e. The Bertz CT molecular complexity index is 269. The summed E-state index contributed by atoms with van der Waals surface area (Å²) >= 11 is 0. The number of anilines is 1. The number of aliphatic hydroxyl groups excluding tert-OH is 2. The number of nitrogens with two attached hydrogens (primary N) is 1. The van der Waals surface area contributed by atoms with Crippen molar-refractivity contribution < 1.29 is 10.2 Å². The first kappa shape index (κ1) is 11.0. The predicted molar refractivity (Wildman–Crippen MR) is 56.9 cm³/mol. The first-order chi connectivity index (χ1) is 6.59. The molecule has 3 nitrogen and oxygen atoms in total. The highest BCUT2D eigenvalue weighted by atomic mass is 16.3. The third kappa shape index (κ3) is 3.36. The van der Waals surface area contributed by atoms with Crippen LogP contribution in [0.25, 0.3) is 0 Å². The average molecular weight is 195 g/mol. The van der Waals surface area contributed by atoms with E-state index in [9.17, 15) is 5.11 Å². The molecule has 0 spiro atoms. The van der Waals surface area contributed by atoms with Crippen LogP contribution in [0.2, 0.25) is 0 Å². The molecule has 2 atom stereocenters. The maximum absolute atomic E-state index is 9.37. The molecule has 0 radical (unpaired) electrons. The lowest BCUT2D eigenvalue weighted by Crippen LogP contribution is -2.22. The zero-order valence-corrected chi connectivity index (χ0v) is 8.35. The van der Waals surface area contributed by atoms with E-state index in [2.05, 4.69) is 0 Å². The number of aryl methyl sites for hydroxylation is 1. The van der Waals surface area contributed by atoms with E-state index in [4.69, 9.17) is 10.8 Å². The van der Waals surface area contributed by atoms with Gasteiger partial charge in [0.25, 0.3) is 0 Å². The minimum atomic E-state index is -0.663. The van der Waals surface area contributed by atoms with Gasteiger partial charge in [-0.1, -0.05) is 12.1 Å². The molecule has 1 rings (SSSR count). The lowest BCUT2D eigenvalue weighted by Gasteiger charge is -2.12. The van der Waals surface area contributed by atoms with Crippen LogP contribution in [0, 0.1) is 0 Å². The lowest BCUT2D eigenvalue weighted by atomic mass is 10.0. The van der Waals surface area contributed by atoms with Crippen LogP contribution in [0.1, 0.15) is 18.9 Å². The number of hydrogen-bond donors (Lipinski definition) is 3. The van der Waals surface area contributed by atoms with Crippen molar-refractivity contribution >= 4 is 5.69 Å². The van der Waals surface area contributed by atoms with E-state index in [0.29, 0.717) is 6.42 Å². The smallest absolute Gasteiger partial charge is 0.0799 e. The number of benzene rings is 1. The molecule has 3 heteroatoms. The third-order valence-corrected chi connectivity index (χ3v) is 2.27. The molecule has 0 aliphatic carbocycles. The van der Waals surface area contributed by atoms with E-state index in [-0.39, 0.29) is 0 Å². The van der Waals surface area contributed by atoms with Crippen LogP contribution in [0.5, 0.6) is 0 Å². The molecule has 0 fully saturated rings. The fraction of sp³-hybridized carbons (Fsp3) is 0.455. The molecule has 1 aromatic rings. The second kappa shape index (κ2) is 4.98. The summed E-state index contributed by atoms with van der Waals surface area (Å²) in [4.78, 5) is 0. The van der Waals surface area contributed by atoms with E-state index in [1.165, 1.54) is 0 Å². The number of hydrogen-bond acceptors (Lipinski definition) is 3. The first-order valence-electron chi connectivity index (χ1n) is 4.80. The molecular weight excluding hydrogens is 178 g/mol. The second-order valence-corrected chi connectivity index (χ2v) is 3.59. The van der Waals surface area contributed by atoms with E-state index in [0.717, 1.165) is 17.7 Å². The van der Waals surface area contributed by atoms with Gasteiger partial charge >= 0.3 is 0 Å². The fourth-order valence-electron chi connectivity index (χ4n) is 1.24. The van der Waals surface area contributed by atoms with E-state index >= 15 is 0 Å². The van der Waals surface area contributed by atoms with E-state index in [1.807, 2.05) is 24.3 Å². The molecule has 0 aromatic heterocycles. The van der Waals surface area contributed by atoms with Crippen molar-refractivity contribution in [1.82, 2.24) is 0 Å². The Morgan fingerprint density at radius 1 is 1.21 bits per heavy atom. The summed E-state index contributed by atoms with van der Waals surface area (Å²) in [6.07, 6.45) is 0.0184. The van der Waals surface area contributed by atoms with Gasteiger partial charge in [0.15, 0.2) is 0 Å². The maximum Gasteiger partial charge on any atom is 0.0799 e. The quantitative estimate of drug-likeness (QED) is 0.626. The monoisotopic (exact) mass is 195 g/mol. The van der Waals surface area contributed by atoms with Crippen molar-refractivity contribution in [2.75, 3.05) is 5.73 Å². The van der Waals surface area contributed by atoms with Gasteiger partial charge in [0, 0.05) is 5.69 Å². The van der Waals surface area contributed by atoms with Gasteiger partial charge < -0.3 is 15.9 Å². The average Bonchev–Trinajstić information content (AvgIpc) is 2.16. The fourth-order valence-corrected chi connectivity index (χ4v) is 1.24. The van der Waals surface area contributed by atoms with Crippen LogP contribution in [0.4, 0.5) is 5.69 Å². The standard InChI is InChI=1S/C11H17NO2/c1-8(13)11(14)7-4-9-2-5-10(12)6-3-9/h2-3,5-6,8,11,13-14H,4,7,12H2,1H3. The highest BCUT2D eigenvalue weighted by Crippen LogP contribution is 2.10. The molecule has 0 heterocycles. The summed E-state index contributed by atoms with van der Waals surface area (Å²) in [6, 6.07) is 7.54. The van der Waals surface area contributed by atoms with Crippen LogP contribution in [0.3, 0.4) is 0 Å². The summed E-state index contributed by atoms with van der Waals surface area (Å²) in [7, 11) is 0. The zero-order chi connectivity index (χ0) is 10.6. The molecule has 0 saturated heterocycles. The predicted octanol–water partition coefficient (Wildman–Crippen LogP) is 0.943. The van der Waals surface area contributed by atoms with Gasteiger partial charge in [-0.25, -0.2) is 0 Å². The SMILES string of the molecule is CC(O)C(O)CCc1ccc(N)cc1. The summed E-state index contributed by atoms with van der Waals surface area (Å²) < 4.78 is 0. The Kier molecular flexibility index (Phi) is 3.92. The van der Waals surface area contributed by atoms with Crippen molar-refractivity contribution in [3.8, 4) is 0 Å². The van der Waals surface area contributed by atoms with Gasteiger partial charge in [-0.2, -0.15) is 0 Å². The Morgan fingerprint density at radius 2 is 1.79 bits per heavy atom. The molecule has 2 unspecified atom stereocenters. The van der Waals surface area contributed by atoms with Crippen molar-refractivity contribution in [2.24, 2.45) is 0 Å². The summed E-state index contributed by atoms with van der Waals surface area (Å²) in [5.74, 6) is 0. The van der Waals surface area contributed by atoms with Gasteiger partial charge in [0.1, 0.15) is 0 Å². The molecule has 0 amide bonds. The van der Waals surface area contributed by atoms with Crippen LogP contribution in [-0.4, -0.2) is 22.4 Å². The van der Waals surface area contributed by atoms with Crippen molar-refractivity contribution in [3.05, 3.63) is 29.8 Å². The van der Waals surface area contributed by atoms with Crippen molar-refractivity contribution in [2.45, 2.75) is 32.0 Å². The van der Waals surface area contributed by atoms with Gasteiger partial charge in [-0.3, -0.25) is 0 Å². The molecule has 4 N–H and O–H groups in total. The molecule has 14 heavy (non-hydrogen) atoms. The number of nitrogen functional groups attached to an aromatic ring is 1. The van der Waals surface area contributed by atoms with Crippen molar-refractivity contribution in [1.29, 1.82) is 0 Å². The van der Waals surface area contributed by atoms with Crippen molar-refractivity contribution in [3.63, 3.8) is 0 Å². The molecule has 0 bridgehead atoms. The van der Waals surface area contributed by atoms with Crippen LogP contribution >= 0.6 is 0 Å². The first-order valence-corrected chi connectivity index (χ1v) is 4.80. The van der Waals surface area contributed by atoms with Crippen LogP contribution in [-0.2, 0) is 6.42 Å². The van der Waals surface area contributed by atoms with Crippen LogP contribution < -0.4 is 5.73 Å². The molecule has 0 aliphatic heterocycles. The maximum atomic E-state index is 9.37. The highest BCUT2D eigenvalue weighted by Gasteiger charge is 2.10. The Labute approximate surface area is 84.2 Å². The second-order valence-electron chi connectivity index (χ2n) is 3.59. The molecule has 78 valence electrons. The lowest BCUT2D eigenvalue weighted by molar-refractivity contribution is 0.0265. The summed E-state index contributed by atoms with van der Waals surface area (Å²) in [5.41, 5.74) is 7.41. The van der Waals surface area contributed by atoms with Gasteiger partial charge in [-0.05, 0) is 37.5 Å². The third-order valence-electron chi connectivity index (χ3n) is 2.27. The normalized spacial score (nSPS) is 15.1. The van der Waals surface area contributed by atoms with Gasteiger partial charge in [0.2, 0.25) is 0 Å². The number of rotatable bonds is 4. The zero-order valence-electron chi connectivity index (χ0n) is 8.35.